The number of carbonyl (C=O) groups excluding carboxylic acids is 1. The van der Waals surface area contributed by atoms with Gasteiger partial charge >= 0.3 is 0 Å². The molecule has 1 aromatic heterocycles. The third-order valence-electron chi connectivity index (χ3n) is 2.73. The molecule has 0 fully saturated rings. The molecule has 96 valence electrons. The second-order valence-electron chi connectivity index (χ2n) is 4.86. The van der Waals surface area contributed by atoms with E-state index < -0.39 is 0 Å². The average molecular weight is 253 g/mol. The molecule has 0 aliphatic carbocycles. The predicted molar refractivity (Wildman–Crippen MR) is 72.6 cm³/mol. The summed E-state index contributed by atoms with van der Waals surface area (Å²) in [5.41, 5.74) is 2.54. The highest BCUT2D eigenvalue weighted by Gasteiger charge is 2.11. The van der Waals surface area contributed by atoms with Gasteiger partial charge < -0.3 is 0 Å². The van der Waals surface area contributed by atoms with Gasteiger partial charge in [-0.1, -0.05) is 26.0 Å². The van der Waals surface area contributed by atoms with E-state index in [4.69, 9.17) is 5.26 Å². The molecule has 1 heterocycles. The van der Waals surface area contributed by atoms with Crippen LogP contribution in [0.2, 0.25) is 0 Å². The van der Waals surface area contributed by atoms with Crippen LogP contribution in [0.1, 0.15) is 29.8 Å². The standard InChI is InChI=1S/C15H15N3O/c1-11(2)8-18-9-14(10-19)15(17-18)13-5-3-4-12(6-13)7-16/h3-6,9-11H,8H2,1-2H3. The summed E-state index contributed by atoms with van der Waals surface area (Å²) in [4.78, 5) is 11.1. The number of aromatic nitrogens is 2. The Kier molecular flexibility index (Phi) is 3.76. The van der Waals surface area contributed by atoms with Gasteiger partial charge in [-0.05, 0) is 18.1 Å². The van der Waals surface area contributed by atoms with Gasteiger partial charge in [0.15, 0.2) is 6.29 Å². The average Bonchev–Trinajstić information content (AvgIpc) is 2.81. The lowest BCUT2D eigenvalue weighted by Gasteiger charge is -2.03. The lowest BCUT2D eigenvalue weighted by atomic mass is 10.1. The van der Waals surface area contributed by atoms with Crippen molar-refractivity contribution in [1.82, 2.24) is 9.78 Å². The Balaban J connectivity index is 2.45. The maximum Gasteiger partial charge on any atom is 0.153 e. The van der Waals surface area contributed by atoms with E-state index in [1.54, 1.807) is 29.1 Å². The van der Waals surface area contributed by atoms with Crippen molar-refractivity contribution >= 4 is 6.29 Å². The lowest BCUT2D eigenvalue weighted by molar-refractivity contribution is 0.112. The Morgan fingerprint density at radius 1 is 1.47 bits per heavy atom. The van der Waals surface area contributed by atoms with Gasteiger partial charge in [0.1, 0.15) is 5.69 Å². The molecule has 0 aliphatic rings. The lowest BCUT2D eigenvalue weighted by Crippen LogP contribution is -2.04. The maximum atomic E-state index is 11.1. The SMILES string of the molecule is CC(C)Cn1cc(C=O)c(-c2cccc(C#N)c2)n1. The molecule has 4 nitrogen and oxygen atoms in total. The van der Waals surface area contributed by atoms with Crippen molar-refractivity contribution in [3.05, 3.63) is 41.6 Å². The van der Waals surface area contributed by atoms with Gasteiger partial charge in [-0.15, -0.1) is 0 Å². The predicted octanol–water partition coefficient (Wildman–Crippen LogP) is 2.89. The molecular weight excluding hydrogens is 238 g/mol. The number of hydrogen-bond donors (Lipinski definition) is 0. The molecule has 2 aromatic rings. The van der Waals surface area contributed by atoms with E-state index in [-0.39, 0.29) is 0 Å². The molecule has 19 heavy (non-hydrogen) atoms. The molecule has 0 saturated carbocycles. The minimum absolute atomic E-state index is 0.456. The molecule has 0 aliphatic heterocycles. The summed E-state index contributed by atoms with van der Waals surface area (Å²) in [6.07, 6.45) is 2.56. The quantitative estimate of drug-likeness (QED) is 0.787. The molecule has 0 saturated heterocycles. The second-order valence-corrected chi connectivity index (χ2v) is 4.86. The topological polar surface area (TPSA) is 58.7 Å². The van der Waals surface area contributed by atoms with Crippen molar-refractivity contribution in [2.45, 2.75) is 20.4 Å². The van der Waals surface area contributed by atoms with Crippen molar-refractivity contribution in [3.8, 4) is 17.3 Å². The summed E-state index contributed by atoms with van der Waals surface area (Å²) in [6, 6.07) is 9.22. The van der Waals surface area contributed by atoms with Crippen LogP contribution in [-0.4, -0.2) is 16.1 Å². The molecule has 0 N–H and O–H groups in total. The first-order valence-electron chi connectivity index (χ1n) is 6.17. The molecule has 4 heteroatoms. The van der Waals surface area contributed by atoms with Crippen LogP contribution >= 0.6 is 0 Å². The number of carbonyl (C=O) groups is 1. The smallest absolute Gasteiger partial charge is 0.153 e. The van der Waals surface area contributed by atoms with Crippen molar-refractivity contribution in [3.63, 3.8) is 0 Å². The Labute approximate surface area is 112 Å². The summed E-state index contributed by atoms with van der Waals surface area (Å²) in [5, 5.41) is 13.4. The van der Waals surface area contributed by atoms with Gasteiger partial charge in [-0.25, -0.2) is 0 Å². The van der Waals surface area contributed by atoms with Gasteiger partial charge in [0.2, 0.25) is 0 Å². The Hall–Kier alpha value is -2.41. The fraction of sp³-hybridized carbons (Fsp3) is 0.267. The van der Waals surface area contributed by atoms with Crippen molar-refractivity contribution in [2.24, 2.45) is 5.92 Å². The van der Waals surface area contributed by atoms with E-state index >= 15 is 0 Å². The van der Waals surface area contributed by atoms with Crippen molar-refractivity contribution in [1.29, 1.82) is 5.26 Å². The zero-order valence-electron chi connectivity index (χ0n) is 11.0. The van der Waals surface area contributed by atoms with Crippen LogP contribution in [0.5, 0.6) is 0 Å². The molecule has 1 aromatic carbocycles. The van der Waals surface area contributed by atoms with Gasteiger partial charge in [-0.2, -0.15) is 10.4 Å². The first-order valence-corrected chi connectivity index (χ1v) is 6.17. The summed E-state index contributed by atoms with van der Waals surface area (Å²) < 4.78 is 1.78. The normalized spacial score (nSPS) is 10.4. The number of nitrogens with zero attached hydrogens (tertiary/aromatic N) is 3. The zero-order valence-corrected chi connectivity index (χ0v) is 11.0. The summed E-state index contributed by atoms with van der Waals surface area (Å²) >= 11 is 0. The van der Waals surface area contributed by atoms with E-state index in [0.29, 0.717) is 22.7 Å². The molecule has 0 atom stereocenters. The Morgan fingerprint density at radius 2 is 2.26 bits per heavy atom. The second kappa shape index (κ2) is 5.49. The van der Waals surface area contributed by atoms with Crippen LogP contribution in [-0.2, 0) is 6.54 Å². The number of aldehydes is 1. The molecule has 0 spiro atoms. The number of hydrogen-bond acceptors (Lipinski definition) is 3. The van der Waals surface area contributed by atoms with Crippen molar-refractivity contribution in [2.75, 3.05) is 0 Å². The van der Waals surface area contributed by atoms with Crippen LogP contribution < -0.4 is 0 Å². The van der Waals surface area contributed by atoms with E-state index in [1.165, 1.54) is 0 Å². The highest BCUT2D eigenvalue weighted by atomic mass is 16.1. The molecule has 0 amide bonds. The Morgan fingerprint density at radius 3 is 2.89 bits per heavy atom. The molecular formula is C15H15N3O. The molecule has 2 rings (SSSR count). The third-order valence-corrected chi connectivity index (χ3v) is 2.73. The first kappa shape index (κ1) is 13.0. The largest absolute Gasteiger partial charge is 0.298 e. The fourth-order valence-electron chi connectivity index (χ4n) is 1.95. The summed E-state index contributed by atoms with van der Waals surface area (Å²) in [7, 11) is 0. The van der Waals surface area contributed by atoms with E-state index in [1.807, 2.05) is 6.07 Å². The van der Waals surface area contributed by atoms with Crippen LogP contribution in [0.3, 0.4) is 0 Å². The number of nitriles is 1. The highest BCUT2D eigenvalue weighted by molar-refractivity contribution is 5.85. The van der Waals surface area contributed by atoms with Crippen LogP contribution in [0.15, 0.2) is 30.5 Å². The fourth-order valence-corrected chi connectivity index (χ4v) is 1.95. The third kappa shape index (κ3) is 2.89. The van der Waals surface area contributed by atoms with Gasteiger partial charge in [-0.3, -0.25) is 9.48 Å². The van der Waals surface area contributed by atoms with Crippen LogP contribution in [0, 0.1) is 17.2 Å². The first-order chi connectivity index (χ1) is 9.13. The highest BCUT2D eigenvalue weighted by Crippen LogP contribution is 2.22. The number of benzene rings is 1. The van der Waals surface area contributed by atoms with E-state index in [0.717, 1.165) is 18.4 Å². The Bertz CT molecular complexity index is 635. The minimum atomic E-state index is 0.456. The minimum Gasteiger partial charge on any atom is -0.298 e. The molecule has 0 unspecified atom stereocenters. The zero-order chi connectivity index (χ0) is 13.8. The van der Waals surface area contributed by atoms with Crippen LogP contribution in [0.4, 0.5) is 0 Å². The van der Waals surface area contributed by atoms with Crippen molar-refractivity contribution < 1.29 is 4.79 Å². The molecule has 0 radical (unpaired) electrons. The van der Waals surface area contributed by atoms with Gasteiger partial charge in [0.05, 0.1) is 17.2 Å². The van der Waals surface area contributed by atoms with E-state index in [9.17, 15) is 4.79 Å². The summed E-state index contributed by atoms with van der Waals surface area (Å²) in [6.45, 7) is 4.95. The monoisotopic (exact) mass is 253 g/mol. The van der Waals surface area contributed by atoms with Crippen LogP contribution in [0.25, 0.3) is 11.3 Å². The number of rotatable bonds is 4. The maximum absolute atomic E-state index is 11.1. The van der Waals surface area contributed by atoms with Gasteiger partial charge in [0, 0.05) is 18.3 Å². The van der Waals surface area contributed by atoms with Gasteiger partial charge in [0.25, 0.3) is 0 Å². The van der Waals surface area contributed by atoms with E-state index in [2.05, 4.69) is 25.0 Å². The summed E-state index contributed by atoms with van der Waals surface area (Å²) in [5.74, 6) is 0.456. The molecule has 0 bridgehead atoms.